The van der Waals surface area contributed by atoms with Crippen molar-refractivity contribution in [2.24, 2.45) is 5.73 Å². The van der Waals surface area contributed by atoms with Gasteiger partial charge < -0.3 is 10.6 Å². The first-order valence-electron chi connectivity index (χ1n) is 6.08. The second kappa shape index (κ2) is 5.25. The molecule has 0 saturated heterocycles. The van der Waals surface area contributed by atoms with Gasteiger partial charge in [0.2, 0.25) is 0 Å². The molecule has 4 nitrogen and oxygen atoms in total. The lowest BCUT2D eigenvalue weighted by molar-refractivity contribution is 0.382. The summed E-state index contributed by atoms with van der Waals surface area (Å²) in [7, 11) is 0. The lowest BCUT2D eigenvalue weighted by Gasteiger charge is -2.38. The van der Waals surface area contributed by atoms with Crippen LogP contribution in [0.2, 0.25) is 0 Å². The molecule has 1 saturated carbocycles. The number of hydrogen-bond acceptors (Lipinski definition) is 4. The van der Waals surface area contributed by atoms with E-state index in [2.05, 4.69) is 21.2 Å². The average Bonchev–Trinajstić information content (AvgIpc) is 2.23. The van der Waals surface area contributed by atoms with E-state index in [0.717, 1.165) is 31.0 Å². The van der Waals surface area contributed by atoms with Crippen LogP contribution in [0.1, 0.15) is 31.4 Å². The van der Waals surface area contributed by atoms with Crippen molar-refractivity contribution in [3.8, 4) is 0 Å². The molecule has 1 aromatic rings. The molecule has 1 aliphatic carbocycles. The van der Waals surface area contributed by atoms with Crippen LogP contribution in [0, 0.1) is 6.92 Å². The van der Waals surface area contributed by atoms with Gasteiger partial charge in [0, 0.05) is 12.6 Å². The number of anilines is 1. The summed E-state index contributed by atoms with van der Waals surface area (Å²) in [4.78, 5) is 2.36. The lowest BCUT2D eigenvalue weighted by Crippen LogP contribution is -2.42. The molecular formula is C12H20N4. The standard InChI is InChI=1S/C12H20N4/c1-10-6-7-12(15-14-10)16(9-3-8-13)11-4-2-5-11/h6-7,11H,2-5,8-9,13H2,1H3. The van der Waals surface area contributed by atoms with Gasteiger partial charge in [0.25, 0.3) is 0 Å². The summed E-state index contributed by atoms with van der Waals surface area (Å²) < 4.78 is 0. The summed E-state index contributed by atoms with van der Waals surface area (Å²) in [6.07, 6.45) is 4.91. The lowest BCUT2D eigenvalue weighted by atomic mass is 9.91. The average molecular weight is 220 g/mol. The fraction of sp³-hybridized carbons (Fsp3) is 0.667. The Hall–Kier alpha value is -1.16. The van der Waals surface area contributed by atoms with Crippen molar-refractivity contribution in [1.29, 1.82) is 0 Å². The SMILES string of the molecule is Cc1ccc(N(CCCN)C2CCC2)nn1. The first-order valence-corrected chi connectivity index (χ1v) is 6.08. The number of aryl methyl sites for hydroxylation is 1. The summed E-state index contributed by atoms with van der Waals surface area (Å²) in [5.74, 6) is 1.00. The van der Waals surface area contributed by atoms with Gasteiger partial charge in [0.05, 0.1) is 5.69 Å². The highest BCUT2D eigenvalue weighted by molar-refractivity contribution is 5.39. The van der Waals surface area contributed by atoms with Crippen molar-refractivity contribution in [3.63, 3.8) is 0 Å². The van der Waals surface area contributed by atoms with E-state index in [-0.39, 0.29) is 0 Å². The molecule has 0 aliphatic heterocycles. The third-order valence-corrected chi connectivity index (χ3v) is 3.20. The molecule has 0 unspecified atom stereocenters. The van der Waals surface area contributed by atoms with Gasteiger partial charge in [0.15, 0.2) is 5.82 Å². The topological polar surface area (TPSA) is 55.0 Å². The Kier molecular flexibility index (Phi) is 3.72. The number of nitrogens with two attached hydrogens (primary N) is 1. The van der Waals surface area contributed by atoms with Crippen molar-refractivity contribution in [3.05, 3.63) is 17.8 Å². The molecular weight excluding hydrogens is 200 g/mol. The van der Waals surface area contributed by atoms with E-state index in [1.54, 1.807) is 0 Å². The van der Waals surface area contributed by atoms with Crippen LogP contribution in [0.3, 0.4) is 0 Å². The molecule has 1 aliphatic rings. The first kappa shape index (κ1) is 11.3. The van der Waals surface area contributed by atoms with E-state index < -0.39 is 0 Å². The second-order valence-corrected chi connectivity index (χ2v) is 4.45. The van der Waals surface area contributed by atoms with Crippen molar-refractivity contribution in [2.75, 3.05) is 18.0 Å². The first-order chi connectivity index (χ1) is 7.81. The van der Waals surface area contributed by atoms with Crippen LogP contribution < -0.4 is 10.6 Å². The third-order valence-electron chi connectivity index (χ3n) is 3.20. The maximum atomic E-state index is 5.58. The van der Waals surface area contributed by atoms with Crippen LogP contribution in [-0.4, -0.2) is 29.3 Å². The van der Waals surface area contributed by atoms with Crippen LogP contribution in [0.15, 0.2) is 12.1 Å². The number of rotatable bonds is 5. The molecule has 1 aromatic heterocycles. The molecule has 1 heterocycles. The minimum atomic E-state index is 0.656. The van der Waals surface area contributed by atoms with Gasteiger partial charge in [-0.1, -0.05) is 0 Å². The van der Waals surface area contributed by atoms with Crippen LogP contribution in [-0.2, 0) is 0 Å². The highest BCUT2D eigenvalue weighted by Gasteiger charge is 2.25. The molecule has 0 bridgehead atoms. The van der Waals surface area contributed by atoms with Crippen molar-refractivity contribution in [2.45, 2.75) is 38.6 Å². The largest absolute Gasteiger partial charge is 0.352 e. The van der Waals surface area contributed by atoms with Crippen molar-refractivity contribution < 1.29 is 0 Å². The van der Waals surface area contributed by atoms with Crippen LogP contribution in [0.5, 0.6) is 0 Å². The Morgan fingerprint density at radius 3 is 2.69 bits per heavy atom. The Morgan fingerprint density at radius 1 is 1.38 bits per heavy atom. The molecule has 0 spiro atoms. The highest BCUT2D eigenvalue weighted by atomic mass is 15.3. The zero-order valence-corrected chi connectivity index (χ0v) is 9.89. The van der Waals surface area contributed by atoms with Crippen LogP contribution >= 0.6 is 0 Å². The van der Waals surface area contributed by atoms with E-state index >= 15 is 0 Å². The molecule has 0 aromatic carbocycles. The summed E-state index contributed by atoms with van der Waals surface area (Å²) in [5, 5.41) is 8.40. The fourth-order valence-electron chi connectivity index (χ4n) is 1.99. The zero-order chi connectivity index (χ0) is 11.4. The van der Waals surface area contributed by atoms with E-state index in [1.807, 2.05) is 13.0 Å². The van der Waals surface area contributed by atoms with Gasteiger partial charge in [0.1, 0.15) is 0 Å². The molecule has 2 N–H and O–H groups in total. The Labute approximate surface area is 96.9 Å². The van der Waals surface area contributed by atoms with Gasteiger partial charge in [-0.15, -0.1) is 5.10 Å². The molecule has 16 heavy (non-hydrogen) atoms. The number of hydrogen-bond donors (Lipinski definition) is 1. The number of nitrogens with zero attached hydrogens (tertiary/aromatic N) is 3. The van der Waals surface area contributed by atoms with Crippen molar-refractivity contribution >= 4 is 5.82 Å². The van der Waals surface area contributed by atoms with Gasteiger partial charge in [-0.25, -0.2) is 0 Å². The summed E-state index contributed by atoms with van der Waals surface area (Å²) in [6.45, 7) is 3.70. The minimum absolute atomic E-state index is 0.656. The van der Waals surface area contributed by atoms with Gasteiger partial charge >= 0.3 is 0 Å². The van der Waals surface area contributed by atoms with Crippen molar-refractivity contribution in [1.82, 2.24) is 10.2 Å². The predicted octanol–water partition coefficient (Wildman–Crippen LogP) is 1.49. The Balaban J connectivity index is 2.07. The van der Waals surface area contributed by atoms with E-state index in [1.165, 1.54) is 19.3 Å². The molecule has 88 valence electrons. The molecule has 0 radical (unpaired) electrons. The zero-order valence-electron chi connectivity index (χ0n) is 9.89. The Bertz CT molecular complexity index is 318. The molecule has 1 fully saturated rings. The Morgan fingerprint density at radius 2 is 2.19 bits per heavy atom. The maximum absolute atomic E-state index is 5.58. The molecule has 4 heteroatoms. The summed E-state index contributed by atoms with van der Waals surface area (Å²) in [5.41, 5.74) is 6.54. The molecule has 2 rings (SSSR count). The fourth-order valence-corrected chi connectivity index (χ4v) is 1.99. The minimum Gasteiger partial charge on any atom is -0.352 e. The summed E-state index contributed by atoms with van der Waals surface area (Å²) >= 11 is 0. The maximum Gasteiger partial charge on any atom is 0.151 e. The molecule has 0 amide bonds. The summed E-state index contributed by atoms with van der Waals surface area (Å²) in [6, 6.07) is 4.75. The van der Waals surface area contributed by atoms with Crippen LogP contribution in [0.4, 0.5) is 5.82 Å². The van der Waals surface area contributed by atoms with Crippen LogP contribution in [0.25, 0.3) is 0 Å². The quantitative estimate of drug-likeness (QED) is 0.817. The predicted molar refractivity (Wildman–Crippen MR) is 65.4 cm³/mol. The smallest absolute Gasteiger partial charge is 0.151 e. The van der Waals surface area contributed by atoms with Gasteiger partial charge in [-0.2, -0.15) is 5.10 Å². The van der Waals surface area contributed by atoms with Gasteiger partial charge in [-0.3, -0.25) is 0 Å². The van der Waals surface area contributed by atoms with E-state index in [4.69, 9.17) is 5.73 Å². The second-order valence-electron chi connectivity index (χ2n) is 4.45. The van der Waals surface area contributed by atoms with E-state index in [0.29, 0.717) is 6.04 Å². The highest BCUT2D eigenvalue weighted by Crippen LogP contribution is 2.28. The third kappa shape index (κ3) is 2.50. The normalized spacial score (nSPS) is 15.9. The van der Waals surface area contributed by atoms with Gasteiger partial charge in [-0.05, 0) is 51.3 Å². The monoisotopic (exact) mass is 220 g/mol. The number of aromatic nitrogens is 2. The van der Waals surface area contributed by atoms with E-state index in [9.17, 15) is 0 Å². The molecule has 0 atom stereocenters.